The predicted molar refractivity (Wildman–Crippen MR) is 76.6 cm³/mol. The number of anilines is 1. The molecule has 0 radical (unpaired) electrons. The highest BCUT2D eigenvalue weighted by Gasteiger charge is 2.24. The summed E-state index contributed by atoms with van der Waals surface area (Å²) < 4.78 is 1.14. The molecule has 0 bridgehead atoms. The number of pyridine rings is 1. The maximum atomic E-state index is 4.61. The van der Waals surface area contributed by atoms with Crippen molar-refractivity contribution in [2.75, 3.05) is 11.4 Å². The third-order valence-electron chi connectivity index (χ3n) is 3.48. The number of aryl methyl sites for hydroxylation is 1. The van der Waals surface area contributed by atoms with Crippen LogP contribution >= 0.6 is 15.9 Å². The summed E-state index contributed by atoms with van der Waals surface area (Å²) in [6, 6.07) is 2.85. The Labute approximate surface area is 113 Å². The summed E-state index contributed by atoms with van der Waals surface area (Å²) in [7, 11) is 0. The molecule has 1 unspecified atom stereocenters. The first-order valence-electron chi connectivity index (χ1n) is 6.61. The van der Waals surface area contributed by atoms with Gasteiger partial charge in [-0.05, 0) is 60.2 Å². The highest BCUT2D eigenvalue weighted by Crippen LogP contribution is 2.31. The fourth-order valence-corrected chi connectivity index (χ4v) is 3.34. The van der Waals surface area contributed by atoms with Crippen LogP contribution in [0.1, 0.15) is 44.6 Å². The lowest BCUT2D eigenvalue weighted by atomic mass is 9.98. The van der Waals surface area contributed by atoms with E-state index in [1.165, 1.54) is 37.7 Å². The topological polar surface area (TPSA) is 16.1 Å². The quantitative estimate of drug-likeness (QED) is 0.826. The van der Waals surface area contributed by atoms with Gasteiger partial charge >= 0.3 is 0 Å². The average Bonchev–Trinajstić information content (AvgIpc) is 2.31. The Morgan fingerprint density at radius 1 is 1.47 bits per heavy atom. The van der Waals surface area contributed by atoms with Crippen molar-refractivity contribution in [1.82, 2.24) is 4.98 Å². The lowest BCUT2D eigenvalue weighted by Gasteiger charge is -2.37. The van der Waals surface area contributed by atoms with E-state index < -0.39 is 0 Å². The van der Waals surface area contributed by atoms with Gasteiger partial charge in [-0.15, -0.1) is 0 Å². The Kier molecular flexibility index (Phi) is 4.43. The number of nitrogens with zero attached hydrogens (tertiary/aromatic N) is 2. The van der Waals surface area contributed by atoms with Crippen LogP contribution in [0.15, 0.2) is 16.7 Å². The van der Waals surface area contributed by atoms with Crippen molar-refractivity contribution in [1.29, 1.82) is 0 Å². The van der Waals surface area contributed by atoms with Crippen LogP contribution in [0.25, 0.3) is 0 Å². The van der Waals surface area contributed by atoms with E-state index in [0.717, 1.165) is 16.8 Å². The molecule has 0 amide bonds. The molecule has 3 heteroatoms. The molecular formula is C14H21BrN2. The first kappa shape index (κ1) is 12.9. The molecule has 0 saturated carbocycles. The monoisotopic (exact) mass is 296 g/mol. The highest BCUT2D eigenvalue weighted by molar-refractivity contribution is 9.10. The minimum Gasteiger partial charge on any atom is -0.353 e. The van der Waals surface area contributed by atoms with E-state index in [1.54, 1.807) is 0 Å². The molecule has 17 heavy (non-hydrogen) atoms. The molecule has 2 rings (SSSR count). The number of piperidine rings is 1. The van der Waals surface area contributed by atoms with Gasteiger partial charge in [-0.2, -0.15) is 0 Å². The molecule has 1 aliphatic heterocycles. The Hall–Kier alpha value is -0.570. The highest BCUT2D eigenvalue weighted by atomic mass is 79.9. The van der Waals surface area contributed by atoms with E-state index in [1.807, 2.05) is 6.20 Å². The largest absolute Gasteiger partial charge is 0.353 e. The summed E-state index contributed by atoms with van der Waals surface area (Å²) in [5, 5.41) is 0. The fraction of sp³-hybridized carbons (Fsp3) is 0.643. The first-order chi connectivity index (χ1) is 8.22. The normalized spacial score (nSPS) is 20.6. The summed E-state index contributed by atoms with van der Waals surface area (Å²) in [5.41, 5.74) is 1.21. The minimum absolute atomic E-state index is 0.681. The zero-order chi connectivity index (χ0) is 12.3. The molecule has 2 nitrogen and oxygen atoms in total. The Balaban J connectivity index is 2.23. The van der Waals surface area contributed by atoms with Gasteiger partial charge in [0.25, 0.3) is 0 Å². The van der Waals surface area contributed by atoms with Crippen molar-refractivity contribution in [3.05, 3.63) is 22.3 Å². The van der Waals surface area contributed by atoms with Gasteiger partial charge in [0.2, 0.25) is 0 Å². The van der Waals surface area contributed by atoms with Crippen LogP contribution in [0.2, 0.25) is 0 Å². The molecule has 1 saturated heterocycles. The van der Waals surface area contributed by atoms with Gasteiger partial charge in [0.1, 0.15) is 5.82 Å². The SMILES string of the molecule is CCCC1CCCCN1c1ncc(C)cc1Br. The lowest BCUT2D eigenvalue weighted by Crippen LogP contribution is -2.40. The van der Waals surface area contributed by atoms with Crippen LogP contribution in [0.5, 0.6) is 0 Å². The molecule has 1 aliphatic rings. The van der Waals surface area contributed by atoms with Crippen molar-refractivity contribution in [2.45, 2.75) is 52.0 Å². The summed E-state index contributed by atoms with van der Waals surface area (Å²) in [6.45, 7) is 5.50. The van der Waals surface area contributed by atoms with Crippen molar-refractivity contribution < 1.29 is 0 Å². The van der Waals surface area contributed by atoms with Crippen molar-refractivity contribution in [3.8, 4) is 0 Å². The number of rotatable bonds is 3. The second-order valence-corrected chi connectivity index (χ2v) is 5.80. The fourth-order valence-electron chi connectivity index (χ4n) is 2.65. The molecule has 0 aliphatic carbocycles. The molecule has 0 spiro atoms. The zero-order valence-corrected chi connectivity index (χ0v) is 12.3. The van der Waals surface area contributed by atoms with E-state index in [2.05, 4.69) is 45.7 Å². The van der Waals surface area contributed by atoms with Gasteiger partial charge < -0.3 is 4.90 Å². The van der Waals surface area contributed by atoms with Crippen molar-refractivity contribution >= 4 is 21.7 Å². The molecule has 1 aromatic rings. The first-order valence-corrected chi connectivity index (χ1v) is 7.40. The summed E-state index contributed by atoms with van der Waals surface area (Å²) >= 11 is 3.66. The Morgan fingerprint density at radius 3 is 3.00 bits per heavy atom. The zero-order valence-electron chi connectivity index (χ0n) is 10.7. The second-order valence-electron chi connectivity index (χ2n) is 4.95. The molecule has 1 fully saturated rings. The van der Waals surface area contributed by atoms with E-state index in [4.69, 9.17) is 0 Å². The second kappa shape index (κ2) is 5.85. The van der Waals surface area contributed by atoms with Crippen molar-refractivity contribution in [3.63, 3.8) is 0 Å². The molecule has 94 valence electrons. The molecule has 1 aromatic heterocycles. The van der Waals surface area contributed by atoms with Crippen LogP contribution in [-0.4, -0.2) is 17.6 Å². The third kappa shape index (κ3) is 3.01. The lowest BCUT2D eigenvalue weighted by molar-refractivity contribution is 0.431. The van der Waals surface area contributed by atoms with Crippen LogP contribution in [0.4, 0.5) is 5.82 Å². The third-order valence-corrected chi connectivity index (χ3v) is 4.06. The predicted octanol–water partition coefficient (Wildman–Crippen LogP) is 4.31. The van der Waals surface area contributed by atoms with Gasteiger partial charge in [0.05, 0.1) is 4.47 Å². The molecule has 2 heterocycles. The van der Waals surface area contributed by atoms with Gasteiger partial charge in [-0.1, -0.05) is 13.3 Å². The van der Waals surface area contributed by atoms with E-state index in [-0.39, 0.29) is 0 Å². The van der Waals surface area contributed by atoms with Gasteiger partial charge in [-0.25, -0.2) is 4.98 Å². The number of hydrogen-bond donors (Lipinski definition) is 0. The van der Waals surface area contributed by atoms with Crippen LogP contribution < -0.4 is 4.90 Å². The van der Waals surface area contributed by atoms with Crippen molar-refractivity contribution in [2.24, 2.45) is 0 Å². The van der Waals surface area contributed by atoms with Crippen LogP contribution in [-0.2, 0) is 0 Å². The molecule has 0 aromatic carbocycles. The number of halogens is 1. The summed E-state index contributed by atoms with van der Waals surface area (Å²) in [5.74, 6) is 1.13. The van der Waals surface area contributed by atoms with E-state index in [0.29, 0.717) is 6.04 Å². The van der Waals surface area contributed by atoms with Gasteiger partial charge in [-0.3, -0.25) is 0 Å². The Bertz CT molecular complexity index is 376. The van der Waals surface area contributed by atoms with Crippen LogP contribution in [0, 0.1) is 6.92 Å². The van der Waals surface area contributed by atoms with Gasteiger partial charge in [0, 0.05) is 18.8 Å². The standard InChI is InChI=1S/C14H21BrN2/c1-3-6-12-7-4-5-8-17(12)14-13(15)9-11(2)10-16-14/h9-10,12H,3-8H2,1-2H3. The Morgan fingerprint density at radius 2 is 2.29 bits per heavy atom. The van der Waals surface area contributed by atoms with Gasteiger partial charge in [0.15, 0.2) is 0 Å². The number of aromatic nitrogens is 1. The minimum atomic E-state index is 0.681. The van der Waals surface area contributed by atoms with E-state index in [9.17, 15) is 0 Å². The van der Waals surface area contributed by atoms with Crippen LogP contribution in [0.3, 0.4) is 0 Å². The maximum Gasteiger partial charge on any atom is 0.143 e. The maximum absolute atomic E-state index is 4.61. The summed E-state index contributed by atoms with van der Waals surface area (Å²) in [6.07, 6.45) is 8.48. The number of hydrogen-bond acceptors (Lipinski definition) is 2. The molecule has 0 N–H and O–H groups in total. The molecular weight excluding hydrogens is 276 g/mol. The summed E-state index contributed by atoms with van der Waals surface area (Å²) in [4.78, 5) is 7.11. The average molecular weight is 297 g/mol. The molecule has 1 atom stereocenters. The van der Waals surface area contributed by atoms with E-state index >= 15 is 0 Å². The smallest absolute Gasteiger partial charge is 0.143 e.